The molecule has 0 aliphatic heterocycles. The van der Waals surface area contributed by atoms with Crippen LogP contribution in [0.4, 0.5) is 0 Å². The zero-order valence-electron chi connectivity index (χ0n) is 9.16. The number of fused-ring (bicyclic) bond motifs is 1. The molecule has 0 radical (unpaired) electrons. The van der Waals surface area contributed by atoms with Crippen LogP contribution in [0.15, 0.2) is 51.3 Å². The van der Waals surface area contributed by atoms with Gasteiger partial charge in [0.1, 0.15) is 0 Å². The summed E-state index contributed by atoms with van der Waals surface area (Å²) < 4.78 is 1.57. The van der Waals surface area contributed by atoms with E-state index >= 15 is 0 Å². The normalized spacial score (nSPS) is 20.0. The molecule has 1 unspecified atom stereocenters. The van der Waals surface area contributed by atoms with Gasteiger partial charge in [-0.2, -0.15) is 0 Å². The van der Waals surface area contributed by atoms with Crippen molar-refractivity contribution in [3.63, 3.8) is 0 Å². The summed E-state index contributed by atoms with van der Waals surface area (Å²) in [6, 6.07) is 8.77. The van der Waals surface area contributed by atoms with Crippen molar-refractivity contribution in [3.05, 3.63) is 62.5 Å². The molecular formula is C14H11Cl2Zr. The molecule has 0 spiro atoms. The zero-order valence-corrected chi connectivity index (χ0v) is 13.1. The molecule has 2 aliphatic rings. The SMILES string of the molecule is [Cl-].[Cl-].[Zr+2][C]1=Cc2ccccc2C1C1=CC=CC1. The molecule has 0 bridgehead atoms. The first-order chi connectivity index (χ1) is 7.36. The van der Waals surface area contributed by atoms with Crippen LogP contribution in [0.3, 0.4) is 0 Å². The van der Waals surface area contributed by atoms with Crippen LogP contribution in [0.5, 0.6) is 0 Å². The zero-order chi connectivity index (χ0) is 10.3. The molecule has 85 valence electrons. The Labute approximate surface area is 130 Å². The number of allylic oxidation sites excluding steroid dienone is 5. The molecule has 3 rings (SSSR count). The first kappa shape index (κ1) is 15.0. The van der Waals surface area contributed by atoms with Gasteiger partial charge in [0.05, 0.1) is 0 Å². The Morgan fingerprint density at radius 1 is 1.12 bits per heavy atom. The first-order valence-corrected chi connectivity index (χ1v) is 6.47. The molecule has 1 atom stereocenters. The Bertz CT molecular complexity index is 501. The molecule has 0 saturated heterocycles. The van der Waals surface area contributed by atoms with Gasteiger partial charge in [0.2, 0.25) is 0 Å². The molecule has 0 heterocycles. The Kier molecular flexibility index (Phi) is 5.44. The molecule has 0 amide bonds. The predicted octanol–water partition coefficient (Wildman–Crippen LogP) is -2.43. The Morgan fingerprint density at radius 3 is 2.59 bits per heavy atom. The van der Waals surface area contributed by atoms with E-state index in [-0.39, 0.29) is 24.8 Å². The Balaban J connectivity index is 0.000000722. The van der Waals surface area contributed by atoms with Crippen molar-refractivity contribution in [3.8, 4) is 0 Å². The third-order valence-electron chi connectivity index (χ3n) is 3.10. The quantitative estimate of drug-likeness (QED) is 0.533. The van der Waals surface area contributed by atoms with Gasteiger partial charge in [-0.05, 0) is 0 Å². The van der Waals surface area contributed by atoms with Crippen LogP contribution in [0.25, 0.3) is 6.08 Å². The maximum absolute atomic E-state index is 2.36. The van der Waals surface area contributed by atoms with Crippen molar-refractivity contribution in [2.24, 2.45) is 0 Å². The van der Waals surface area contributed by atoms with Crippen molar-refractivity contribution in [1.82, 2.24) is 0 Å². The van der Waals surface area contributed by atoms with Crippen molar-refractivity contribution in [1.29, 1.82) is 0 Å². The Morgan fingerprint density at radius 2 is 1.88 bits per heavy atom. The molecule has 1 aromatic rings. The molecule has 1 aromatic carbocycles. The van der Waals surface area contributed by atoms with Crippen molar-refractivity contribution < 1.29 is 49.5 Å². The van der Waals surface area contributed by atoms with Crippen LogP contribution >= 0.6 is 0 Å². The van der Waals surface area contributed by atoms with Crippen LogP contribution in [0.1, 0.15) is 23.5 Å². The van der Waals surface area contributed by atoms with Gasteiger partial charge in [0.15, 0.2) is 0 Å². The van der Waals surface area contributed by atoms with E-state index in [0.29, 0.717) is 5.92 Å². The van der Waals surface area contributed by atoms with Crippen LogP contribution in [-0.4, -0.2) is 0 Å². The summed E-state index contributed by atoms with van der Waals surface area (Å²) >= 11 is 1.54. The monoisotopic (exact) mass is 339 g/mol. The van der Waals surface area contributed by atoms with Gasteiger partial charge in [0.25, 0.3) is 0 Å². The summed E-state index contributed by atoms with van der Waals surface area (Å²) in [6.45, 7) is 0. The van der Waals surface area contributed by atoms with Gasteiger partial charge >= 0.3 is 106 Å². The minimum absolute atomic E-state index is 0. The number of rotatable bonds is 1. The fraction of sp³-hybridized carbons (Fsp3) is 0.143. The molecule has 0 aromatic heterocycles. The third kappa shape index (κ3) is 2.67. The molecule has 0 nitrogen and oxygen atoms in total. The topological polar surface area (TPSA) is 0 Å². The fourth-order valence-corrected chi connectivity index (χ4v) is 3.62. The molecule has 17 heavy (non-hydrogen) atoms. The average molecular weight is 341 g/mol. The van der Waals surface area contributed by atoms with Crippen LogP contribution in [-0.2, 0) is 24.7 Å². The third-order valence-corrected chi connectivity index (χ3v) is 4.16. The van der Waals surface area contributed by atoms with Gasteiger partial charge in [-0.15, -0.1) is 0 Å². The molecule has 0 saturated carbocycles. The van der Waals surface area contributed by atoms with Crippen LogP contribution in [0, 0.1) is 0 Å². The van der Waals surface area contributed by atoms with Crippen LogP contribution < -0.4 is 24.8 Å². The fourth-order valence-electron chi connectivity index (χ4n) is 2.40. The van der Waals surface area contributed by atoms with Gasteiger partial charge < -0.3 is 24.8 Å². The number of hydrogen-bond acceptors (Lipinski definition) is 0. The van der Waals surface area contributed by atoms with E-state index in [9.17, 15) is 0 Å². The first-order valence-electron chi connectivity index (χ1n) is 5.24. The van der Waals surface area contributed by atoms with Crippen molar-refractivity contribution >= 4 is 6.08 Å². The molecular weight excluding hydrogens is 330 g/mol. The van der Waals surface area contributed by atoms with Gasteiger partial charge in [-0.1, -0.05) is 0 Å². The summed E-state index contributed by atoms with van der Waals surface area (Å²) in [5, 5.41) is 0. The van der Waals surface area contributed by atoms with E-state index in [2.05, 4.69) is 48.6 Å². The summed E-state index contributed by atoms with van der Waals surface area (Å²) in [5.41, 5.74) is 4.48. The number of benzene rings is 1. The molecule has 0 fully saturated rings. The van der Waals surface area contributed by atoms with Gasteiger partial charge in [-0.25, -0.2) is 0 Å². The minimum atomic E-state index is 0. The summed E-state index contributed by atoms with van der Waals surface area (Å²) in [4.78, 5) is 0. The standard InChI is InChI=1S/C14H11.2ClH.Zr/c1-2-6-11(5-1)14-10-9-12-7-3-4-8-13(12)14;;;/h1-5,7-9,14H,6H2;2*1H;/q;;;+2/p-2. The van der Waals surface area contributed by atoms with E-state index in [0.717, 1.165) is 6.42 Å². The van der Waals surface area contributed by atoms with E-state index in [4.69, 9.17) is 0 Å². The van der Waals surface area contributed by atoms with Crippen molar-refractivity contribution in [2.75, 3.05) is 0 Å². The van der Waals surface area contributed by atoms with Gasteiger partial charge in [-0.3, -0.25) is 0 Å². The van der Waals surface area contributed by atoms with Crippen LogP contribution in [0.2, 0.25) is 0 Å². The Hall–Kier alpha value is -0.0969. The second-order valence-corrected chi connectivity index (χ2v) is 5.45. The number of halogens is 2. The second-order valence-electron chi connectivity index (χ2n) is 4.04. The summed E-state index contributed by atoms with van der Waals surface area (Å²) in [7, 11) is 0. The maximum atomic E-state index is 2.36. The van der Waals surface area contributed by atoms with E-state index in [1.807, 2.05) is 0 Å². The summed E-state index contributed by atoms with van der Waals surface area (Å²) in [5.74, 6) is 0.578. The predicted molar refractivity (Wildman–Crippen MR) is 59.0 cm³/mol. The second kappa shape index (κ2) is 6.18. The van der Waals surface area contributed by atoms with E-state index in [1.54, 1.807) is 33.6 Å². The van der Waals surface area contributed by atoms with E-state index in [1.165, 1.54) is 11.1 Å². The number of hydrogen-bond donors (Lipinski definition) is 0. The van der Waals surface area contributed by atoms with Crippen molar-refractivity contribution in [2.45, 2.75) is 12.3 Å². The van der Waals surface area contributed by atoms with Gasteiger partial charge in [0, 0.05) is 0 Å². The molecule has 2 aliphatic carbocycles. The molecule has 0 N–H and O–H groups in total. The average Bonchev–Trinajstić information content (AvgIpc) is 2.82. The summed E-state index contributed by atoms with van der Waals surface area (Å²) in [6.07, 6.45) is 10.2. The van der Waals surface area contributed by atoms with E-state index < -0.39 is 0 Å². The molecule has 3 heteroatoms.